The molecule has 0 fully saturated rings. The Morgan fingerprint density at radius 3 is 2.75 bits per heavy atom. The largest absolute Gasteiger partial charge is 0.354 e. The second-order valence-electron chi connectivity index (χ2n) is 1.41. The van der Waals surface area contributed by atoms with E-state index in [1.165, 1.54) is 18.6 Å². The van der Waals surface area contributed by atoms with Crippen molar-refractivity contribution >= 4 is 17.8 Å². The molecule has 0 saturated carbocycles. The minimum absolute atomic E-state index is 1.20. The highest BCUT2D eigenvalue weighted by molar-refractivity contribution is 6.30. The zero-order valence-electron chi connectivity index (χ0n) is 4.00. The molecule has 0 saturated heterocycles. The molecule has 0 amide bonds. The minimum Gasteiger partial charge on any atom is -0.354 e. The molecule has 1 rings (SSSR count). The summed E-state index contributed by atoms with van der Waals surface area (Å²) in [7, 11) is 0. The van der Waals surface area contributed by atoms with E-state index in [9.17, 15) is 0 Å². The maximum Gasteiger partial charge on any atom is 0.251 e. The van der Waals surface area contributed by atoms with Crippen molar-refractivity contribution in [2.24, 2.45) is 4.99 Å². The van der Waals surface area contributed by atoms with Gasteiger partial charge in [0.05, 0.1) is 6.21 Å². The molecule has 0 spiro atoms. The lowest BCUT2D eigenvalue weighted by atomic mass is 10.5. The fourth-order valence-corrected chi connectivity index (χ4v) is 0.496. The quantitative estimate of drug-likeness (QED) is 0.361. The standard InChI is InChI=1S/C4H5ClN2O/c5-4(8)3-6-1-2-7-4/h1-3,7-8H. The zero-order chi connectivity index (χ0) is 6.04. The fourth-order valence-electron chi connectivity index (χ4n) is 0.376. The first-order chi connectivity index (χ1) is 3.71. The van der Waals surface area contributed by atoms with Crippen molar-refractivity contribution in [1.82, 2.24) is 5.32 Å². The van der Waals surface area contributed by atoms with Crippen LogP contribution in [0.5, 0.6) is 0 Å². The Labute approximate surface area is 51.7 Å². The molecule has 0 bridgehead atoms. The zero-order valence-corrected chi connectivity index (χ0v) is 4.76. The van der Waals surface area contributed by atoms with Crippen molar-refractivity contribution in [3.05, 3.63) is 12.4 Å². The van der Waals surface area contributed by atoms with Crippen molar-refractivity contribution in [1.29, 1.82) is 0 Å². The van der Waals surface area contributed by atoms with E-state index in [0.717, 1.165) is 0 Å². The first-order valence-electron chi connectivity index (χ1n) is 2.09. The molecular formula is C4H5ClN2O. The predicted octanol–water partition coefficient (Wildman–Crippen LogP) is 0.0165. The van der Waals surface area contributed by atoms with Crippen LogP contribution in [0.1, 0.15) is 0 Å². The van der Waals surface area contributed by atoms with Gasteiger partial charge in [-0.1, -0.05) is 11.6 Å². The Bertz CT molecular complexity index is 141. The number of rotatable bonds is 0. The first kappa shape index (κ1) is 5.59. The van der Waals surface area contributed by atoms with Crippen LogP contribution in [0.4, 0.5) is 0 Å². The Balaban J connectivity index is 2.65. The summed E-state index contributed by atoms with van der Waals surface area (Å²) in [6.07, 6.45) is 4.17. The third-order valence-corrected chi connectivity index (χ3v) is 0.899. The Morgan fingerprint density at radius 2 is 2.50 bits per heavy atom. The van der Waals surface area contributed by atoms with Crippen LogP contribution in [-0.2, 0) is 0 Å². The number of aliphatic imine (C=N–C) groups is 1. The normalized spacial score (nSPS) is 34.8. The van der Waals surface area contributed by atoms with Crippen molar-refractivity contribution < 1.29 is 5.11 Å². The lowest BCUT2D eigenvalue weighted by Gasteiger charge is -2.16. The number of alkyl halides is 1. The number of nitrogens with zero attached hydrogens (tertiary/aromatic N) is 1. The minimum atomic E-state index is -1.48. The van der Waals surface area contributed by atoms with Crippen LogP contribution in [0.3, 0.4) is 0 Å². The summed E-state index contributed by atoms with van der Waals surface area (Å²) in [5.74, 6) is 0. The van der Waals surface area contributed by atoms with Gasteiger partial charge in [0.15, 0.2) is 0 Å². The highest BCUT2D eigenvalue weighted by atomic mass is 35.5. The number of aliphatic hydroxyl groups is 1. The third-order valence-electron chi connectivity index (χ3n) is 0.692. The molecule has 3 nitrogen and oxygen atoms in total. The van der Waals surface area contributed by atoms with Crippen molar-refractivity contribution in [2.45, 2.75) is 5.18 Å². The van der Waals surface area contributed by atoms with Gasteiger partial charge in [-0.2, -0.15) is 0 Å². The first-order valence-corrected chi connectivity index (χ1v) is 2.47. The third kappa shape index (κ3) is 1.21. The van der Waals surface area contributed by atoms with Gasteiger partial charge in [0, 0.05) is 12.4 Å². The van der Waals surface area contributed by atoms with Gasteiger partial charge in [-0.3, -0.25) is 4.99 Å². The van der Waals surface area contributed by atoms with E-state index in [4.69, 9.17) is 16.7 Å². The molecular weight excluding hydrogens is 128 g/mol. The summed E-state index contributed by atoms with van der Waals surface area (Å²) < 4.78 is 0. The topological polar surface area (TPSA) is 44.6 Å². The summed E-state index contributed by atoms with van der Waals surface area (Å²) >= 11 is 5.32. The lowest BCUT2D eigenvalue weighted by molar-refractivity contribution is 0.181. The van der Waals surface area contributed by atoms with E-state index in [1.54, 1.807) is 0 Å². The Kier molecular flexibility index (Phi) is 1.23. The van der Waals surface area contributed by atoms with Gasteiger partial charge < -0.3 is 10.4 Å². The number of halogens is 1. The van der Waals surface area contributed by atoms with Crippen molar-refractivity contribution in [3.63, 3.8) is 0 Å². The van der Waals surface area contributed by atoms with E-state index in [0.29, 0.717) is 0 Å². The summed E-state index contributed by atoms with van der Waals surface area (Å²) in [6.45, 7) is 0. The second kappa shape index (κ2) is 1.76. The number of hydrogen-bond acceptors (Lipinski definition) is 3. The average molecular weight is 133 g/mol. The molecule has 0 radical (unpaired) electrons. The molecule has 0 aromatic rings. The number of hydrogen-bond donors (Lipinski definition) is 2. The van der Waals surface area contributed by atoms with Gasteiger partial charge in [0.25, 0.3) is 5.18 Å². The van der Waals surface area contributed by atoms with Crippen molar-refractivity contribution in [2.75, 3.05) is 0 Å². The maximum atomic E-state index is 8.83. The molecule has 0 aromatic heterocycles. The average Bonchev–Trinajstić information content (AvgIpc) is 1.65. The summed E-state index contributed by atoms with van der Waals surface area (Å²) in [5.41, 5.74) is 0. The Hall–Kier alpha value is -0.540. The molecule has 2 N–H and O–H groups in total. The lowest BCUT2D eigenvalue weighted by Crippen LogP contribution is -2.38. The van der Waals surface area contributed by atoms with Crippen LogP contribution in [0.25, 0.3) is 0 Å². The van der Waals surface area contributed by atoms with Crippen molar-refractivity contribution in [3.8, 4) is 0 Å². The molecule has 1 aliphatic heterocycles. The molecule has 1 aliphatic rings. The van der Waals surface area contributed by atoms with Crippen LogP contribution in [0.15, 0.2) is 17.4 Å². The van der Waals surface area contributed by atoms with Crippen LogP contribution in [-0.4, -0.2) is 16.5 Å². The summed E-state index contributed by atoms with van der Waals surface area (Å²) in [6, 6.07) is 0. The molecule has 1 unspecified atom stereocenters. The van der Waals surface area contributed by atoms with Gasteiger partial charge in [-0.25, -0.2) is 0 Å². The van der Waals surface area contributed by atoms with E-state index in [-0.39, 0.29) is 0 Å². The SMILES string of the molecule is OC1(Cl)C=NC=CN1. The predicted molar refractivity (Wildman–Crippen MR) is 31.6 cm³/mol. The van der Waals surface area contributed by atoms with E-state index >= 15 is 0 Å². The van der Waals surface area contributed by atoms with Gasteiger partial charge in [0.2, 0.25) is 0 Å². The van der Waals surface area contributed by atoms with Gasteiger partial charge in [-0.05, 0) is 0 Å². The molecule has 8 heavy (non-hydrogen) atoms. The molecule has 1 atom stereocenters. The van der Waals surface area contributed by atoms with E-state index in [2.05, 4.69) is 10.3 Å². The number of nitrogens with one attached hydrogen (secondary N) is 1. The Morgan fingerprint density at radius 1 is 1.75 bits per heavy atom. The van der Waals surface area contributed by atoms with Gasteiger partial charge in [-0.15, -0.1) is 0 Å². The summed E-state index contributed by atoms with van der Waals surface area (Å²) in [5, 5.41) is 9.80. The van der Waals surface area contributed by atoms with Gasteiger partial charge in [0.1, 0.15) is 0 Å². The molecule has 4 heteroatoms. The van der Waals surface area contributed by atoms with Gasteiger partial charge >= 0.3 is 0 Å². The highest BCUT2D eigenvalue weighted by Gasteiger charge is 2.18. The molecule has 44 valence electrons. The highest BCUT2D eigenvalue weighted by Crippen LogP contribution is 2.04. The summed E-state index contributed by atoms with van der Waals surface area (Å²) in [4.78, 5) is 3.58. The molecule has 0 aliphatic carbocycles. The van der Waals surface area contributed by atoms with Crippen LogP contribution in [0.2, 0.25) is 0 Å². The maximum absolute atomic E-state index is 8.83. The van der Waals surface area contributed by atoms with E-state index < -0.39 is 5.18 Å². The van der Waals surface area contributed by atoms with Crippen LogP contribution < -0.4 is 5.32 Å². The molecule has 0 aromatic carbocycles. The second-order valence-corrected chi connectivity index (χ2v) is 1.99. The molecule has 1 heterocycles. The monoisotopic (exact) mass is 132 g/mol. The fraction of sp³-hybridized carbons (Fsp3) is 0.250. The van der Waals surface area contributed by atoms with Crippen LogP contribution >= 0.6 is 11.6 Å². The van der Waals surface area contributed by atoms with Crippen LogP contribution in [0, 0.1) is 0 Å². The van der Waals surface area contributed by atoms with E-state index in [1.807, 2.05) is 0 Å². The smallest absolute Gasteiger partial charge is 0.251 e.